The van der Waals surface area contributed by atoms with E-state index in [4.69, 9.17) is 0 Å². The van der Waals surface area contributed by atoms with Crippen molar-refractivity contribution < 1.29 is 9.59 Å². The van der Waals surface area contributed by atoms with Crippen molar-refractivity contribution in [2.75, 3.05) is 0 Å². The number of hydrogen-bond donors (Lipinski definition) is 0. The monoisotopic (exact) mass is 152 g/mol. The lowest BCUT2D eigenvalue weighted by molar-refractivity contribution is -0.116. The van der Waals surface area contributed by atoms with Crippen LogP contribution < -0.4 is 0 Å². The third-order valence-corrected chi connectivity index (χ3v) is 1.32. The van der Waals surface area contributed by atoms with E-state index in [-0.39, 0.29) is 11.6 Å². The van der Waals surface area contributed by atoms with Gasteiger partial charge in [-0.25, -0.2) is 0 Å². The standard InChI is InChI=1S/C9H12O2/c1-4-8(10)6-7(3)9(11)5-2/h4,6H,1,5H2,2-3H3/b7-6-. The van der Waals surface area contributed by atoms with Crippen LogP contribution in [0.3, 0.4) is 0 Å². The molecule has 0 aromatic heterocycles. The Hall–Kier alpha value is -1.18. The average molecular weight is 152 g/mol. The van der Waals surface area contributed by atoms with Crippen molar-refractivity contribution >= 4 is 11.6 Å². The van der Waals surface area contributed by atoms with E-state index in [1.54, 1.807) is 13.8 Å². The zero-order chi connectivity index (χ0) is 8.85. The van der Waals surface area contributed by atoms with Crippen molar-refractivity contribution in [3.8, 4) is 0 Å². The molecule has 0 aliphatic heterocycles. The van der Waals surface area contributed by atoms with Gasteiger partial charge in [0.15, 0.2) is 11.6 Å². The van der Waals surface area contributed by atoms with Gasteiger partial charge in [-0.2, -0.15) is 0 Å². The lowest BCUT2D eigenvalue weighted by Gasteiger charge is -1.93. The summed E-state index contributed by atoms with van der Waals surface area (Å²) in [4.78, 5) is 21.6. The lowest BCUT2D eigenvalue weighted by Crippen LogP contribution is -1.99. The van der Waals surface area contributed by atoms with Gasteiger partial charge in [0.25, 0.3) is 0 Å². The number of Topliss-reactive ketones (excluding diaryl/α,β-unsaturated/α-hetero) is 1. The Kier molecular flexibility index (Phi) is 4.11. The highest BCUT2D eigenvalue weighted by Gasteiger charge is 2.01. The highest BCUT2D eigenvalue weighted by atomic mass is 16.1. The zero-order valence-corrected chi connectivity index (χ0v) is 6.89. The highest BCUT2D eigenvalue weighted by Crippen LogP contribution is 1.98. The molecule has 0 aromatic rings. The highest BCUT2D eigenvalue weighted by molar-refractivity contribution is 6.06. The first-order valence-electron chi connectivity index (χ1n) is 3.49. The summed E-state index contributed by atoms with van der Waals surface area (Å²) in [5.74, 6) is -0.218. The van der Waals surface area contributed by atoms with Crippen LogP contribution in [0.25, 0.3) is 0 Å². The van der Waals surface area contributed by atoms with E-state index in [0.717, 1.165) is 0 Å². The van der Waals surface area contributed by atoms with Gasteiger partial charge in [-0.3, -0.25) is 9.59 Å². The van der Waals surface area contributed by atoms with Gasteiger partial charge in [-0.05, 0) is 24.6 Å². The molecule has 0 amide bonds. The second kappa shape index (κ2) is 4.61. The summed E-state index contributed by atoms with van der Waals surface area (Å²) < 4.78 is 0. The number of rotatable bonds is 4. The van der Waals surface area contributed by atoms with Gasteiger partial charge in [-0.15, -0.1) is 0 Å². The van der Waals surface area contributed by atoms with E-state index in [9.17, 15) is 9.59 Å². The van der Waals surface area contributed by atoms with Gasteiger partial charge < -0.3 is 0 Å². The number of hydrogen-bond acceptors (Lipinski definition) is 2. The smallest absolute Gasteiger partial charge is 0.178 e. The summed E-state index contributed by atoms with van der Waals surface area (Å²) in [5, 5.41) is 0. The molecular formula is C9H12O2. The molecule has 11 heavy (non-hydrogen) atoms. The van der Waals surface area contributed by atoms with Crippen molar-refractivity contribution in [2.24, 2.45) is 0 Å². The van der Waals surface area contributed by atoms with Gasteiger partial charge in [0.2, 0.25) is 0 Å². The molecular weight excluding hydrogens is 140 g/mol. The first-order valence-corrected chi connectivity index (χ1v) is 3.49. The predicted octanol–water partition coefficient (Wildman–Crippen LogP) is 1.67. The Morgan fingerprint density at radius 3 is 2.36 bits per heavy atom. The number of carbonyl (C=O) groups is 2. The zero-order valence-electron chi connectivity index (χ0n) is 6.89. The molecule has 0 rings (SSSR count). The van der Waals surface area contributed by atoms with Crippen LogP contribution in [0.2, 0.25) is 0 Å². The van der Waals surface area contributed by atoms with Crippen LogP contribution in [-0.2, 0) is 9.59 Å². The molecule has 0 heterocycles. The SMILES string of the molecule is C=CC(=O)/C=C(/C)C(=O)CC. The van der Waals surface area contributed by atoms with E-state index in [1.807, 2.05) is 0 Å². The third-order valence-electron chi connectivity index (χ3n) is 1.32. The quantitative estimate of drug-likeness (QED) is 0.574. The summed E-state index contributed by atoms with van der Waals surface area (Å²) in [7, 11) is 0. The molecule has 0 radical (unpaired) electrons. The van der Waals surface area contributed by atoms with Crippen molar-refractivity contribution in [1.29, 1.82) is 0 Å². The van der Waals surface area contributed by atoms with E-state index >= 15 is 0 Å². The van der Waals surface area contributed by atoms with E-state index < -0.39 is 0 Å². The molecule has 0 saturated carbocycles. The van der Waals surface area contributed by atoms with E-state index in [0.29, 0.717) is 12.0 Å². The molecule has 0 aliphatic rings. The fourth-order valence-electron chi connectivity index (χ4n) is 0.632. The molecule has 0 aliphatic carbocycles. The Labute approximate surface area is 66.6 Å². The van der Waals surface area contributed by atoms with Crippen molar-refractivity contribution in [2.45, 2.75) is 20.3 Å². The maximum absolute atomic E-state index is 10.9. The van der Waals surface area contributed by atoms with Gasteiger partial charge in [0.1, 0.15) is 0 Å². The molecule has 0 saturated heterocycles. The Morgan fingerprint density at radius 2 is 2.00 bits per heavy atom. The largest absolute Gasteiger partial charge is 0.295 e. The van der Waals surface area contributed by atoms with Gasteiger partial charge in [0, 0.05) is 6.42 Å². The molecule has 0 aromatic carbocycles. The van der Waals surface area contributed by atoms with Crippen molar-refractivity contribution in [3.05, 3.63) is 24.3 Å². The molecule has 2 nitrogen and oxygen atoms in total. The van der Waals surface area contributed by atoms with Gasteiger partial charge in [0.05, 0.1) is 0 Å². The molecule has 60 valence electrons. The van der Waals surface area contributed by atoms with Gasteiger partial charge >= 0.3 is 0 Å². The van der Waals surface area contributed by atoms with Crippen LogP contribution >= 0.6 is 0 Å². The van der Waals surface area contributed by atoms with Crippen LogP contribution in [0.4, 0.5) is 0 Å². The molecule has 0 fully saturated rings. The van der Waals surface area contributed by atoms with E-state index in [1.165, 1.54) is 12.2 Å². The number of ketones is 2. The van der Waals surface area contributed by atoms with Crippen LogP contribution in [0.15, 0.2) is 24.3 Å². The summed E-state index contributed by atoms with van der Waals surface area (Å²) >= 11 is 0. The fourth-order valence-corrected chi connectivity index (χ4v) is 0.632. The second-order valence-electron chi connectivity index (χ2n) is 2.21. The number of allylic oxidation sites excluding steroid dienone is 3. The third kappa shape index (κ3) is 3.50. The molecule has 0 unspecified atom stereocenters. The van der Waals surface area contributed by atoms with Crippen LogP contribution in [-0.4, -0.2) is 11.6 Å². The maximum atomic E-state index is 10.9. The Morgan fingerprint density at radius 1 is 1.45 bits per heavy atom. The maximum Gasteiger partial charge on any atom is 0.178 e. The minimum Gasteiger partial charge on any atom is -0.295 e. The predicted molar refractivity (Wildman–Crippen MR) is 44.3 cm³/mol. The normalized spacial score (nSPS) is 10.9. The molecule has 2 heteroatoms. The molecule has 0 atom stereocenters. The summed E-state index contributed by atoms with van der Waals surface area (Å²) in [6.07, 6.45) is 2.93. The fraction of sp³-hybridized carbons (Fsp3) is 0.333. The minimum absolute atomic E-state index is 0.000185. The molecule has 0 bridgehead atoms. The summed E-state index contributed by atoms with van der Waals surface area (Å²) in [6.45, 7) is 6.69. The molecule has 0 N–H and O–H groups in total. The Balaban J connectivity index is 4.33. The topological polar surface area (TPSA) is 34.1 Å². The Bertz CT molecular complexity index is 212. The average Bonchev–Trinajstić information content (AvgIpc) is 2.02. The molecule has 0 spiro atoms. The van der Waals surface area contributed by atoms with Gasteiger partial charge in [-0.1, -0.05) is 13.5 Å². The first kappa shape index (κ1) is 9.82. The first-order chi connectivity index (χ1) is 5.11. The second-order valence-corrected chi connectivity index (χ2v) is 2.21. The van der Waals surface area contributed by atoms with Crippen molar-refractivity contribution in [1.82, 2.24) is 0 Å². The van der Waals surface area contributed by atoms with E-state index in [2.05, 4.69) is 6.58 Å². The minimum atomic E-state index is -0.218. The van der Waals surface area contributed by atoms with Crippen LogP contribution in [0.5, 0.6) is 0 Å². The summed E-state index contributed by atoms with van der Waals surface area (Å²) in [6, 6.07) is 0. The van der Waals surface area contributed by atoms with Crippen LogP contribution in [0.1, 0.15) is 20.3 Å². The van der Waals surface area contributed by atoms with Crippen molar-refractivity contribution in [3.63, 3.8) is 0 Å². The van der Waals surface area contributed by atoms with Crippen LogP contribution in [0, 0.1) is 0 Å². The number of carbonyl (C=O) groups excluding carboxylic acids is 2. The lowest BCUT2D eigenvalue weighted by atomic mass is 10.1. The summed E-state index contributed by atoms with van der Waals surface area (Å²) in [5.41, 5.74) is 0.498.